The van der Waals surface area contributed by atoms with E-state index in [0.717, 1.165) is 5.69 Å². The summed E-state index contributed by atoms with van der Waals surface area (Å²) in [5.41, 5.74) is 0.684. The van der Waals surface area contributed by atoms with Crippen LogP contribution in [-0.4, -0.2) is 25.2 Å². The van der Waals surface area contributed by atoms with Crippen LogP contribution in [0.4, 0.5) is 0 Å². The minimum absolute atomic E-state index is 0.0230. The number of hydrogen-bond donors (Lipinski definition) is 1. The van der Waals surface area contributed by atoms with Gasteiger partial charge in [0.2, 0.25) is 0 Å². The zero-order chi connectivity index (χ0) is 16.2. The van der Waals surface area contributed by atoms with Gasteiger partial charge in [0.15, 0.2) is 5.43 Å². The lowest BCUT2D eigenvalue weighted by Crippen LogP contribution is -2.34. The first-order valence-corrected chi connectivity index (χ1v) is 7.70. The van der Waals surface area contributed by atoms with E-state index in [1.165, 1.54) is 12.3 Å². The van der Waals surface area contributed by atoms with Crippen LogP contribution in [-0.2, 0) is 6.54 Å². The van der Waals surface area contributed by atoms with E-state index < -0.39 is 11.4 Å². The lowest BCUT2D eigenvalue weighted by Gasteiger charge is -2.38. The molecular weight excluding hydrogens is 350 g/mol. The van der Waals surface area contributed by atoms with E-state index in [2.05, 4.69) is 41.7 Å². The van der Waals surface area contributed by atoms with Crippen molar-refractivity contribution in [2.45, 2.75) is 33.4 Å². The second kappa shape index (κ2) is 4.81. The molecule has 22 heavy (non-hydrogen) atoms. The summed E-state index contributed by atoms with van der Waals surface area (Å²) in [6, 6.07) is 1.41. The number of carbonyl (C=O) groups is 1. The molecule has 6 nitrogen and oxygen atoms in total. The molecular formula is C15H16BrN3O3. The van der Waals surface area contributed by atoms with Gasteiger partial charge in [0.05, 0.1) is 23.8 Å². The Labute approximate surface area is 135 Å². The minimum atomic E-state index is -1.20. The molecule has 7 heteroatoms. The molecule has 1 N–H and O–H groups in total. The van der Waals surface area contributed by atoms with Crippen molar-refractivity contribution >= 4 is 21.9 Å². The maximum absolute atomic E-state index is 12.1. The smallest absolute Gasteiger partial charge is 0.341 e. The van der Waals surface area contributed by atoms with Gasteiger partial charge in [-0.2, -0.15) is 0 Å². The molecule has 0 aromatic carbocycles. The van der Waals surface area contributed by atoms with Gasteiger partial charge in [-0.25, -0.2) is 9.78 Å². The molecule has 1 atom stereocenters. The monoisotopic (exact) mass is 365 g/mol. The van der Waals surface area contributed by atoms with Crippen molar-refractivity contribution in [3.63, 3.8) is 0 Å². The lowest BCUT2D eigenvalue weighted by atomic mass is 9.85. The first-order valence-electron chi connectivity index (χ1n) is 6.90. The van der Waals surface area contributed by atoms with Gasteiger partial charge in [0.1, 0.15) is 10.2 Å². The molecule has 0 spiro atoms. The number of imidazole rings is 1. The van der Waals surface area contributed by atoms with E-state index in [4.69, 9.17) is 0 Å². The van der Waals surface area contributed by atoms with Crippen LogP contribution in [0, 0.1) is 5.41 Å². The molecule has 0 saturated heterocycles. The highest BCUT2D eigenvalue weighted by atomic mass is 79.9. The van der Waals surface area contributed by atoms with E-state index in [9.17, 15) is 14.7 Å². The number of carboxylic acid groups (broad SMARTS) is 1. The van der Waals surface area contributed by atoms with Crippen LogP contribution in [0.1, 0.15) is 37.2 Å². The van der Waals surface area contributed by atoms with Crippen molar-refractivity contribution in [2.75, 3.05) is 0 Å². The molecule has 0 bridgehead atoms. The highest BCUT2D eigenvalue weighted by Crippen LogP contribution is 2.41. The van der Waals surface area contributed by atoms with Crippen molar-refractivity contribution in [2.24, 2.45) is 5.41 Å². The summed E-state index contributed by atoms with van der Waals surface area (Å²) in [5.74, 6) is -1.20. The quantitative estimate of drug-likeness (QED) is 0.842. The van der Waals surface area contributed by atoms with Crippen LogP contribution in [0.5, 0.6) is 0 Å². The number of fused-ring (bicyclic) bond motifs is 3. The van der Waals surface area contributed by atoms with E-state index in [0.29, 0.717) is 16.8 Å². The molecule has 0 radical (unpaired) electrons. The molecule has 3 heterocycles. The number of halogens is 1. The van der Waals surface area contributed by atoms with Crippen molar-refractivity contribution in [1.29, 1.82) is 0 Å². The Kier molecular flexibility index (Phi) is 3.28. The molecule has 2 aromatic heterocycles. The van der Waals surface area contributed by atoms with Gasteiger partial charge in [0.25, 0.3) is 0 Å². The summed E-state index contributed by atoms with van der Waals surface area (Å²) in [7, 11) is 0. The van der Waals surface area contributed by atoms with Gasteiger partial charge in [-0.05, 0) is 21.3 Å². The molecule has 3 rings (SSSR count). The van der Waals surface area contributed by atoms with E-state index in [1.54, 1.807) is 6.33 Å². The molecule has 0 fully saturated rings. The van der Waals surface area contributed by atoms with Gasteiger partial charge < -0.3 is 14.2 Å². The lowest BCUT2D eigenvalue weighted by molar-refractivity contribution is 0.0693. The Balaban J connectivity index is 2.34. The molecule has 0 saturated carbocycles. The summed E-state index contributed by atoms with van der Waals surface area (Å²) in [5, 5.41) is 9.23. The highest BCUT2D eigenvalue weighted by Gasteiger charge is 2.34. The topological polar surface area (TPSA) is 77.1 Å². The van der Waals surface area contributed by atoms with Gasteiger partial charge >= 0.3 is 5.97 Å². The Hall–Kier alpha value is -1.89. The highest BCUT2D eigenvalue weighted by molar-refractivity contribution is 9.10. The molecule has 116 valence electrons. The number of rotatable bonds is 1. The second-order valence-corrected chi connectivity index (χ2v) is 7.32. The average Bonchev–Trinajstić information content (AvgIpc) is 2.77. The third-order valence-electron chi connectivity index (χ3n) is 4.05. The van der Waals surface area contributed by atoms with Gasteiger partial charge in [-0.1, -0.05) is 20.8 Å². The molecule has 1 aliphatic rings. The van der Waals surface area contributed by atoms with Crippen LogP contribution in [0.25, 0.3) is 11.4 Å². The van der Waals surface area contributed by atoms with Crippen molar-refractivity contribution in [3.8, 4) is 11.4 Å². The van der Waals surface area contributed by atoms with Gasteiger partial charge in [0, 0.05) is 18.8 Å². The maximum atomic E-state index is 12.1. The van der Waals surface area contributed by atoms with Gasteiger partial charge in [-0.3, -0.25) is 4.79 Å². The number of aromatic carboxylic acids is 1. The summed E-state index contributed by atoms with van der Waals surface area (Å²) in [6.07, 6.45) is 3.19. The number of hydrogen-bond acceptors (Lipinski definition) is 3. The zero-order valence-corrected chi connectivity index (χ0v) is 14.1. The first-order chi connectivity index (χ1) is 10.2. The van der Waals surface area contributed by atoms with Crippen LogP contribution in [0.15, 0.2) is 28.0 Å². The molecule has 0 unspecified atom stereocenters. The van der Waals surface area contributed by atoms with E-state index in [1.807, 2.05) is 9.13 Å². The van der Waals surface area contributed by atoms with Gasteiger partial charge in [-0.15, -0.1) is 0 Å². The van der Waals surface area contributed by atoms with E-state index in [-0.39, 0.29) is 17.0 Å². The summed E-state index contributed by atoms with van der Waals surface area (Å²) in [6.45, 7) is 6.96. The third kappa shape index (κ3) is 2.20. The SMILES string of the molecule is CC(C)(C)[C@@H]1Cn2cnc(Br)c2-c2cc(=O)c(C(=O)O)cn21. The second-order valence-electron chi connectivity index (χ2n) is 6.57. The van der Waals surface area contributed by atoms with Crippen LogP contribution in [0.3, 0.4) is 0 Å². The Morgan fingerprint density at radius 1 is 1.45 bits per heavy atom. The Morgan fingerprint density at radius 3 is 2.73 bits per heavy atom. The zero-order valence-electron chi connectivity index (χ0n) is 12.5. The fraction of sp³-hybridized carbons (Fsp3) is 0.400. The molecule has 0 amide bonds. The summed E-state index contributed by atoms with van der Waals surface area (Å²) in [4.78, 5) is 27.6. The Bertz CT molecular complexity index is 830. The van der Waals surface area contributed by atoms with Crippen LogP contribution < -0.4 is 5.43 Å². The summed E-state index contributed by atoms with van der Waals surface area (Å²) < 4.78 is 4.54. The summed E-state index contributed by atoms with van der Waals surface area (Å²) >= 11 is 3.40. The number of pyridine rings is 1. The molecule has 0 aliphatic carbocycles. The van der Waals surface area contributed by atoms with E-state index >= 15 is 0 Å². The largest absolute Gasteiger partial charge is 0.477 e. The van der Waals surface area contributed by atoms with Crippen LogP contribution in [0.2, 0.25) is 0 Å². The average molecular weight is 366 g/mol. The number of aromatic nitrogens is 3. The normalized spacial score (nSPS) is 17.0. The van der Waals surface area contributed by atoms with Crippen molar-refractivity contribution in [1.82, 2.24) is 14.1 Å². The fourth-order valence-corrected chi connectivity index (χ4v) is 3.39. The van der Waals surface area contributed by atoms with Crippen LogP contribution >= 0.6 is 15.9 Å². The third-order valence-corrected chi connectivity index (χ3v) is 4.63. The Morgan fingerprint density at radius 2 is 2.14 bits per heavy atom. The van der Waals surface area contributed by atoms with Crippen molar-refractivity contribution in [3.05, 3.63) is 39.0 Å². The molecule has 1 aliphatic heterocycles. The predicted octanol–water partition coefficient (Wildman–Crippen LogP) is 2.77. The number of carboxylic acids is 1. The van der Waals surface area contributed by atoms with Crippen molar-refractivity contribution < 1.29 is 9.90 Å². The predicted molar refractivity (Wildman–Crippen MR) is 85.1 cm³/mol. The fourth-order valence-electron chi connectivity index (χ4n) is 2.87. The minimum Gasteiger partial charge on any atom is -0.477 e. The first kappa shape index (κ1) is 15.0. The number of nitrogens with zero attached hydrogens (tertiary/aromatic N) is 3. The standard InChI is InChI=1S/C15H16BrN3O3/c1-15(2,3)11-6-18-7-17-13(16)12(18)9-4-10(20)8(14(21)22)5-19(9)11/h4-5,7,11H,6H2,1-3H3,(H,21,22)/t11-/m0/s1. The maximum Gasteiger partial charge on any atom is 0.341 e. The molecule has 2 aromatic rings.